The van der Waals surface area contributed by atoms with Gasteiger partial charge in [0.2, 0.25) is 5.91 Å². The minimum absolute atomic E-state index is 0.0624. The highest BCUT2D eigenvalue weighted by molar-refractivity contribution is 5.77. The van der Waals surface area contributed by atoms with E-state index in [1.165, 1.54) is 0 Å². The van der Waals surface area contributed by atoms with Gasteiger partial charge in [0.25, 0.3) is 0 Å². The number of likely N-dealkylation sites (N-methyl/N-ethyl adjacent to an activating group) is 1. The minimum atomic E-state index is 0.0624. The van der Waals surface area contributed by atoms with Crippen molar-refractivity contribution >= 4 is 5.91 Å². The van der Waals surface area contributed by atoms with Crippen LogP contribution in [-0.4, -0.2) is 44.1 Å². The van der Waals surface area contributed by atoms with Crippen molar-refractivity contribution in [3.8, 4) is 11.8 Å². The molecular weight excluding hydrogens is 266 g/mol. The molecule has 0 spiro atoms. The Kier molecular flexibility index (Phi) is 7.92. The minimum Gasteiger partial charge on any atom is -0.494 e. The third-order valence-corrected chi connectivity index (χ3v) is 2.92. The lowest BCUT2D eigenvalue weighted by Crippen LogP contribution is -2.36. The molecule has 1 rings (SSSR count). The summed E-state index contributed by atoms with van der Waals surface area (Å²) >= 11 is 0. The number of carbonyl (C=O) groups is 1. The Hall–Kier alpha value is -2.06. The molecule has 0 aliphatic carbocycles. The molecule has 114 valence electrons. The molecule has 0 heterocycles. The molecular formula is C16H23N3O2. The molecule has 0 atom stereocenters. The number of nitrogens with zero attached hydrogens (tertiary/aromatic N) is 2. The van der Waals surface area contributed by atoms with Crippen LogP contribution in [0.25, 0.3) is 0 Å². The SMILES string of the molecule is CCCNC(=O)CN(C)CCCOc1ccc(C#N)cc1. The molecule has 0 radical (unpaired) electrons. The molecule has 1 N–H and O–H groups in total. The predicted molar refractivity (Wildman–Crippen MR) is 82.1 cm³/mol. The molecule has 21 heavy (non-hydrogen) atoms. The van der Waals surface area contributed by atoms with Gasteiger partial charge in [0.15, 0.2) is 0 Å². The van der Waals surface area contributed by atoms with Crippen molar-refractivity contribution in [2.75, 3.05) is 33.3 Å². The molecule has 0 saturated heterocycles. The Labute approximate surface area is 126 Å². The summed E-state index contributed by atoms with van der Waals surface area (Å²) in [5.41, 5.74) is 0.625. The highest BCUT2D eigenvalue weighted by atomic mass is 16.5. The zero-order valence-electron chi connectivity index (χ0n) is 12.8. The van der Waals surface area contributed by atoms with Crippen molar-refractivity contribution in [3.05, 3.63) is 29.8 Å². The maximum Gasteiger partial charge on any atom is 0.234 e. The van der Waals surface area contributed by atoms with Crippen LogP contribution >= 0.6 is 0 Å². The number of hydrogen-bond donors (Lipinski definition) is 1. The van der Waals surface area contributed by atoms with E-state index in [4.69, 9.17) is 10.00 Å². The van der Waals surface area contributed by atoms with Gasteiger partial charge in [0.1, 0.15) is 5.75 Å². The first kappa shape index (κ1) is 17.0. The maximum atomic E-state index is 11.5. The molecule has 0 unspecified atom stereocenters. The number of benzene rings is 1. The van der Waals surface area contributed by atoms with Crippen LogP contribution in [0.3, 0.4) is 0 Å². The van der Waals surface area contributed by atoms with E-state index in [9.17, 15) is 4.79 Å². The standard InChI is InChI=1S/C16H23N3O2/c1-3-9-18-16(20)13-19(2)10-4-11-21-15-7-5-14(12-17)6-8-15/h5-8H,3-4,9-11,13H2,1-2H3,(H,18,20). The number of nitrogens with one attached hydrogen (secondary N) is 1. The van der Waals surface area contributed by atoms with Crippen LogP contribution in [0.15, 0.2) is 24.3 Å². The van der Waals surface area contributed by atoms with Crippen molar-refractivity contribution < 1.29 is 9.53 Å². The Balaban J connectivity index is 2.15. The lowest BCUT2D eigenvalue weighted by atomic mass is 10.2. The summed E-state index contributed by atoms with van der Waals surface area (Å²) < 4.78 is 5.59. The molecule has 5 nitrogen and oxygen atoms in total. The van der Waals surface area contributed by atoms with Gasteiger partial charge in [-0.1, -0.05) is 6.92 Å². The molecule has 0 aliphatic rings. The fourth-order valence-electron chi connectivity index (χ4n) is 1.79. The van der Waals surface area contributed by atoms with E-state index in [1.807, 2.05) is 18.9 Å². The van der Waals surface area contributed by atoms with Gasteiger partial charge in [0, 0.05) is 13.1 Å². The van der Waals surface area contributed by atoms with E-state index >= 15 is 0 Å². The summed E-state index contributed by atoms with van der Waals surface area (Å²) in [6.07, 6.45) is 1.80. The second kappa shape index (κ2) is 9.78. The fourth-order valence-corrected chi connectivity index (χ4v) is 1.79. The Morgan fingerprint density at radius 2 is 2.10 bits per heavy atom. The third kappa shape index (κ3) is 7.33. The fraction of sp³-hybridized carbons (Fsp3) is 0.500. The van der Waals surface area contributed by atoms with Crippen molar-refractivity contribution in [1.29, 1.82) is 5.26 Å². The highest BCUT2D eigenvalue weighted by Crippen LogP contribution is 2.11. The number of nitriles is 1. The van der Waals surface area contributed by atoms with Crippen LogP contribution in [-0.2, 0) is 4.79 Å². The topological polar surface area (TPSA) is 65.4 Å². The van der Waals surface area contributed by atoms with Crippen molar-refractivity contribution in [2.24, 2.45) is 0 Å². The summed E-state index contributed by atoms with van der Waals surface area (Å²) in [5, 5.41) is 11.6. The summed E-state index contributed by atoms with van der Waals surface area (Å²) in [6, 6.07) is 9.12. The average Bonchev–Trinajstić information content (AvgIpc) is 2.50. The van der Waals surface area contributed by atoms with Crippen molar-refractivity contribution in [3.63, 3.8) is 0 Å². The molecule has 0 fully saturated rings. The second-order valence-corrected chi connectivity index (χ2v) is 4.93. The van der Waals surface area contributed by atoms with Crippen LogP contribution < -0.4 is 10.1 Å². The monoisotopic (exact) mass is 289 g/mol. The smallest absolute Gasteiger partial charge is 0.234 e. The van der Waals surface area contributed by atoms with Gasteiger partial charge < -0.3 is 10.1 Å². The zero-order chi connectivity index (χ0) is 15.5. The maximum absolute atomic E-state index is 11.5. The van der Waals surface area contributed by atoms with Gasteiger partial charge in [-0.3, -0.25) is 9.69 Å². The molecule has 0 bridgehead atoms. The Morgan fingerprint density at radius 1 is 1.38 bits per heavy atom. The summed E-state index contributed by atoms with van der Waals surface area (Å²) in [5.74, 6) is 0.824. The lowest BCUT2D eigenvalue weighted by molar-refractivity contribution is -0.121. The highest BCUT2D eigenvalue weighted by Gasteiger charge is 2.05. The van der Waals surface area contributed by atoms with E-state index in [0.29, 0.717) is 18.7 Å². The quantitative estimate of drug-likeness (QED) is 0.704. The first-order chi connectivity index (χ1) is 10.2. The first-order valence-corrected chi connectivity index (χ1v) is 7.24. The summed E-state index contributed by atoms with van der Waals surface area (Å²) in [4.78, 5) is 13.5. The molecule has 1 aromatic rings. The van der Waals surface area contributed by atoms with Crippen LogP contribution in [0.1, 0.15) is 25.3 Å². The number of amides is 1. The summed E-state index contributed by atoms with van der Waals surface area (Å²) in [6.45, 7) is 4.57. The van der Waals surface area contributed by atoms with Gasteiger partial charge in [-0.05, 0) is 44.2 Å². The molecule has 1 amide bonds. The van der Waals surface area contributed by atoms with Crippen LogP contribution in [0.2, 0.25) is 0 Å². The molecule has 0 saturated carbocycles. The van der Waals surface area contributed by atoms with E-state index in [1.54, 1.807) is 24.3 Å². The summed E-state index contributed by atoms with van der Waals surface area (Å²) in [7, 11) is 1.92. The van der Waals surface area contributed by atoms with Crippen LogP contribution in [0, 0.1) is 11.3 Å². The third-order valence-electron chi connectivity index (χ3n) is 2.92. The van der Waals surface area contributed by atoms with Gasteiger partial charge in [0.05, 0.1) is 24.8 Å². The van der Waals surface area contributed by atoms with E-state index in [-0.39, 0.29) is 5.91 Å². The van der Waals surface area contributed by atoms with E-state index in [0.717, 1.165) is 31.7 Å². The first-order valence-electron chi connectivity index (χ1n) is 7.24. The normalized spacial score (nSPS) is 10.2. The zero-order valence-corrected chi connectivity index (χ0v) is 12.8. The lowest BCUT2D eigenvalue weighted by Gasteiger charge is -2.16. The second-order valence-electron chi connectivity index (χ2n) is 4.93. The molecule has 5 heteroatoms. The van der Waals surface area contributed by atoms with Crippen molar-refractivity contribution in [2.45, 2.75) is 19.8 Å². The Morgan fingerprint density at radius 3 is 2.71 bits per heavy atom. The van der Waals surface area contributed by atoms with Gasteiger partial charge in [-0.25, -0.2) is 0 Å². The van der Waals surface area contributed by atoms with Gasteiger partial charge in [-0.15, -0.1) is 0 Å². The number of ether oxygens (including phenoxy) is 1. The molecule has 0 aromatic heterocycles. The largest absolute Gasteiger partial charge is 0.494 e. The van der Waals surface area contributed by atoms with Gasteiger partial charge in [-0.2, -0.15) is 5.26 Å². The van der Waals surface area contributed by atoms with Gasteiger partial charge >= 0.3 is 0 Å². The molecule has 1 aromatic carbocycles. The molecule has 0 aliphatic heterocycles. The van der Waals surface area contributed by atoms with Crippen molar-refractivity contribution in [1.82, 2.24) is 10.2 Å². The predicted octanol–water partition coefficient (Wildman–Crippen LogP) is 1.79. The number of rotatable bonds is 9. The van der Waals surface area contributed by atoms with Crippen LogP contribution in [0.5, 0.6) is 5.75 Å². The average molecular weight is 289 g/mol. The van der Waals surface area contributed by atoms with Crippen LogP contribution in [0.4, 0.5) is 0 Å². The number of hydrogen-bond acceptors (Lipinski definition) is 4. The van der Waals surface area contributed by atoms with E-state index < -0.39 is 0 Å². The number of carbonyl (C=O) groups excluding carboxylic acids is 1. The van der Waals surface area contributed by atoms with E-state index in [2.05, 4.69) is 11.4 Å². The Bertz CT molecular complexity index is 465.